The first-order valence-corrected chi connectivity index (χ1v) is 7.83. The Morgan fingerprint density at radius 2 is 1.95 bits per heavy atom. The lowest BCUT2D eigenvalue weighted by Crippen LogP contribution is -2.23. The minimum Gasteiger partial charge on any atom is -0.398 e. The summed E-state index contributed by atoms with van der Waals surface area (Å²) < 4.78 is 26.8. The molecule has 0 aromatic heterocycles. The van der Waals surface area contributed by atoms with Gasteiger partial charge in [-0.05, 0) is 29.8 Å². The number of nitrogen functional groups attached to an aromatic ring is 1. The van der Waals surface area contributed by atoms with Crippen LogP contribution < -0.4 is 10.5 Å². The highest BCUT2D eigenvalue weighted by Crippen LogP contribution is 2.20. The van der Waals surface area contributed by atoms with E-state index in [-0.39, 0.29) is 22.0 Å². The molecule has 0 aliphatic rings. The van der Waals surface area contributed by atoms with Crippen LogP contribution in [0, 0.1) is 11.3 Å². The molecule has 0 saturated heterocycles. The van der Waals surface area contributed by atoms with Gasteiger partial charge in [-0.15, -0.1) is 0 Å². The Morgan fingerprint density at radius 1 is 1.24 bits per heavy atom. The second-order valence-corrected chi connectivity index (χ2v) is 6.45. The van der Waals surface area contributed by atoms with Crippen molar-refractivity contribution in [3.8, 4) is 6.07 Å². The second kappa shape index (κ2) is 6.14. The molecule has 0 heterocycles. The second-order valence-electron chi connectivity index (χ2n) is 4.28. The molecule has 2 aromatic carbocycles. The molecule has 0 bridgehead atoms. The number of nitriles is 1. The van der Waals surface area contributed by atoms with Gasteiger partial charge in [0.05, 0.1) is 15.5 Å². The number of sulfonamides is 1. The molecule has 0 atom stereocenters. The predicted octanol–water partition coefficient (Wildman–Crippen LogP) is 2.27. The van der Waals surface area contributed by atoms with Gasteiger partial charge in [0, 0.05) is 12.2 Å². The maximum atomic E-state index is 12.2. The molecule has 0 spiro atoms. The van der Waals surface area contributed by atoms with Gasteiger partial charge in [-0.1, -0.05) is 29.8 Å². The van der Waals surface area contributed by atoms with Gasteiger partial charge >= 0.3 is 0 Å². The predicted molar refractivity (Wildman–Crippen MR) is 81.0 cm³/mol. The SMILES string of the molecule is N#Cc1ccc(S(=O)(=O)NCc2ccccc2N)cc1Cl. The molecule has 7 heteroatoms. The number of nitrogens with two attached hydrogens (primary N) is 1. The summed E-state index contributed by atoms with van der Waals surface area (Å²) in [6.45, 7) is 0.0760. The van der Waals surface area contributed by atoms with Crippen LogP contribution in [0.15, 0.2) is 47.4 Å². The van der Waals surface area contributed by atoms with Crippen molar-refractivity contribution in [1.29, 1.82) is 5.26 Å². The van der Waals surface area contributed by atoms with Gasteiger partial charge in [-0.3, -0.25) is 0 Å². The van der Waals surface area contributed by atoms with E-state index in [9.17, 15) is 8.42 Å². The average molecular weight is 322 g/mol. The van der Waals surface area contributed by atoms with Gasteiger partial charge in [0.2, 0.25) is 10.0 Å². The molecule has 0 unspecified atom stereocenters. The summed E-state index contributed by atoms with van der Waals surface area (Å²) >= 11 is 5.84. The third-order valence-corrected chi connectivity index (χ3v) is 4.59. The van der Waals surface area contributed by atoms with Crippen molar-refractivity contribution in [1.82, 2.24) is 4.72 Å². The summed E-state index contributed by atoms with van der Waals surface area (Å²) in [5, 5.41) is 8.88. The van der Waals surface area contributed by atoms with Crippen molar-refractivity contribution in [2.24, 2.45) is 0 Å². The van der Waals surface area contributed by atoms with Gasteiger partial charge in [0.1, 0.15) is 6.07 Å². The van der Waals surface area contributed by atoms with E-state index in [4.69, 9.17) is 22.6 Å². The third-order valence-electron chi connectivity index (χ3n) is 2.88. The van der Waals surface area contributed by atoms with Crippen molar-refractivity contribution >= 4 is 27.3 Å². The molecule has 0 radical (unpaired) electrons. The first-order valence-electron chi connectivity index (χ1n) is 5.97. The number of halogens is 1. The van der Waals surface area contributed by atoms with Crippen LogP contribution in [0.1, 0.15) is 11.1 Å². The number of nitrogens with zero attached hydrogens (tertiary/aromatic N) is 1. The fourth-order valence-electron chi connectivity index (χ4n) is 1.70. The van der Waals surface area contributed by atoms with Crippen molar-refractivity contribution in [2.45, 2.75) is 11.4 Å². The summed E-state index contributed by atoms with van der Waals surface area (Å²) in [7, 11) is -3.72. The number of anilines is 1. The van der Waals surface area contributed by atoms with Gasteiger partial charge in [0.15, 0.2) is 0 Å². The zero-order valence-electron chi connectivity index (χ0n) is 10.9. The highest BCUT2D eigenvalue weighted by Gasteiger charge is 2.15. The minimum absolute atomic E-state index is 0.000928. The Kier molecular flexibility index (Phi) is 4.48. The fraction of sp³-hybridized carbons (Fsp3) is 0.0714. The van der Waals surface area contributed by atoms with Crippen LogP contribution in [0.4, 0.5) is 5.69 Å². The zero-order chi connectivity index (χ0) is 15.5. The molecular formula is C14H12ClN3O2S. The van der Waals surface area contributed by atoms with Crippen molar-refractivity contribution in [3.63, 3.8) is 0 Å². The molecule has 0 saturated carbocycles. The topological polar surface area (TPSA) is 96.0 Å². The quantitative estimate of drug-likeness (QED) is 0.844. The van der Waals surface area contributed by atoms with E-state index in [1.807, 2.05) is 6.07 Å². The molecule has 3 N–H and O–H groups in total. The fourth-order valence-corrected chi connectivity index (χ4v) is 3.02. The van der Waals surface area contributed by atoms with E-state index in [1.165, 1.54) is 18.2 Å². The molecule has 2 aromatic rings. The monoisotopic (exact) mass is 321 g/mol. The highest BCUT2D eigenvalue weighted by atomic mass is 35.5. The van der Waals surface area contributed by atoms with Gasteiger partial charge in [0.25, 0.3) is 0 Å². The summed E-state index contributed by atoms with van der Waals surface area (Å²) in [4.78, 5) is 0.000928. The zero-order valence-corrected chi connectivity index (χ0v) is 12.4. The Morgan fingerprint density at radius 3 is 2.57 bits per heavy atom. The van der Waals surface area contributed by atoms with Gasteiger partial charge in [-0.2, -0.15) is 5.26 Å². The smallest absolute Gasteiger partial charge is 0.240 e. The van der Waals surface area contributed by atoms with E-state index >= 15 is 0 Å². The van der Waals surface area contributed by atoms with E-state index < -0.39 is 10.0 Å². The number of benzene rings is 2. The maximum absolute atomic E-state index is 12.2. The molecule has 0 aliphatic carbocycles. The molecular weight excluding hydrogens is 310 g/mol. The maximum Gasteiger partial charge on any atom is 0.240 e. The highest BCUT2D eigenvalue weighted by molar-refractivity contribution is 7.89. The molecule has 108 valence electrons. The Balaban J connectivity index is 2.21. The van der Waals surface area contributed by atoms with E-state index in [0.29, 0.717) is 11.3 Å². The largest absolute Gasteiger partial charge is 0.398 e. The summed E-state index contributed by atoms with van der Waals surface area (Å²) in [6, 6.07) is 12.8. The van der Waals surface area contributed by atoms with Gasteiger partial charge < -0.3 is 5.73 Å². The number of para-hydroxylation sites is 1. The minimum atomic E-state index is -3.72. The number of hydrogen-bond donors (Lipinski definition) is 2. The number of nitrogens with one attached hydrogen (secondary N) is 1. The standard InChI is InChI=1S/C14H12ClN3O2S/c15-13-7-12(6-5-10(13)8-16)21(19,20)18-9-11-3-1-2-4-14(11)17/h1-7,18H,9,17H2. The summed E-state index contributed by atoms with van der Waals surface area (Å²) in [5.74, 6) is 0. The lowest BCUT2D eigenvalue weighted by atomic mass is 10.2. The average Bonchev–Trinajstić information content (AvgIpc) is 2.46. The molecule has 0 amide bonds. The molecule has 0 aliphatic heterocycles. The summed E-state index contributed by atoms with van der Waals surface area (Å²) in [5.41, 5.74) is 7.18. The third kappa shape index (κ3) is 3.52. The Labute approximate surface area is 128 Å². The first kappa shape index (κ1) is 15.3. The van der Waals surface area contributed by atoms with Crippen LogP contribution >= 0.6 is 11.6 Å². The Hall–Kier alpha value is -2.07. The van der Waals surface area contributed by atoms with Crippen molar-refractivity contribution < 1.29 is 8.42 Å². The van der Waals surface area contributed by atoms with Gasteiger partial charge in [-0.25, -0.2) is 13.1 Å². The van der Waals surface area contributed by atoms with E-state index in [2.05, 4.69) is 4.72 Å². The van der Waals surface area contributed by atoms with Crippen LogP contribution in [0.5, 0.6) is 0 Å². The van der Waals surface area contributed by atoms with Crippen LogP contribution in [-0.4, -0.2) is 8.42 Å². The first-order chi connectivity index (χ1) is 9.94. The van der Waals surface area contributed by atoms with Crippen LogP contribution in [-0.2, 0) is 16.6 Å². The van der Waals surface area contributed by atoms with Crippen LogP contribution in [0.3, 0.4) is 0 Å². The Bertz CT molecular complexity index is 813. The normalized spacial score (nSPS) is 11.0. The molecule has 2 rings (SSSR count). The number of hydrogen-bond acceptors (Lipinski definition) is 4. The van der Waals surface area contributed by atoms with E-state index in [0.717, 1.165) is 0 Å². The van der Waals surface area contributed by atoms with Crippen molar-refractivity contribution in [3.05, 3.63) is 58.6 Å². The molecule has 5 nitrogen and oxygen atoms in total. The molecule has 0 fully saturated rings. The lowest BCUT2D eigenvalue weighted by molar-refractivity contribution is 0.581. The molecule has 21 heavy (non-hydrogen) atoms. The van der Waals surface area contributed by atoms with Crippen LogP contribution in [0.25, 0.3) is 0 Å². The van der Waals surface area contributed by atoms with Crippen LogP contribution in [0.2, 0.25) is 5.02 Å². The van der Waals surface area contributed by atoms with E-state index in [1.54, 1.807) is 24.3 Å². The van der Waals surface area contributed by atoms with Crippen molar-refractivity contribution in [2.75, 3.05) is 5.73 Å². The number of rotatable bonds is 4. The summed E-state index contributed by atoms with van der Waals surface area (Å²) in [6.07, 6.45) is 0. The lowest BCUT2D eigenvalue weighted by Gasteiger charge is -2.09.